The van der Waals surface area contributed by atoms with E-state index in [1.807, 2.05) is 43.0 Å². The summed E-state index contributed by atoms with van der Waals surface area (Å²) in [6.45, 7) is 7.64. The van der Waals surface area contributed by atoms with Gasteiger partial charge >= 0.3 is 0 Å². The third-order valence-corrected chi connectivity index (χ3v) is 6.37. The van der Waals surface area contributed by atoms with Crippen LogP contribution in [0, 0.1) is 6.92 Å². The molecule has 2 aliphatic rings. The zero-order chi connectivity index (χ0) is 21.4. The fourth-order valence-electron chi connectivity index (χ4n) is 4.38. The van der Waals surface area contributed by atoms with Crippen LogP contribution >= 0.6 is 0 Å². The van der Waals surface area contributed by atoms with Crippen molar-refractivity contribution in [3.8, 4) is 0 Å². The summed E-state index contributed by atoms with van der Waals surface area (Å²) in [6, 6.07) is 8.07. The molecule has 2 amide bonds. The smallest absolute Gasteiger partial charge is 0.254 e. The lowest BCUT2D eigenvalue weighted by atomic mass is 9.98. The van der Waals surface area contributed by atoms with Crippen LogP contribution in [0.15, 0.2) is 29.1 Å². The summed E-state index contributed by atoms with van der Waals surface area (Å²) in [5.74, 6) is 0.521. The number of aromatic amines is 1. The number of rotatable bonds is 3. The van der Waals surface area contributed by atoms with E-state index < -0.39 is 0 Å². The molecule has 30 heavy (non-hydrogen) atoms. The number of carbonyl (C=O) groups excluding carboxylic acids is 2. The minimum absolute atomic E-state index is 0.00451. The molecule has 158 valence electrons. The molecule has 0 bridgehead atoms. The average Bonchev–Trinajstić information content (AvgIpc) is 3.23. The molecule has 1 aromatic carbocycles. The Hall–Kier alpha value is -2.96. The molecular weight excluding hydrogens is 380 g/mol. The number of nitrogens with zero attached hydrogens (tertiary/aromatic N) is 3. The second kappa shape index (κ2) is 8.05. The minimum Gasteiger partial charge on any atom is -0.341 e. The number of aromatic nitrogens is 2. The second-order valence-corrected chi connectivity index (χ2v) is 8.47. The van der Waals surface area contributed by atoms with Crippen LogP contribution in [-0.4, -0.2) is 51.2 Å². The Morgan fingerprint density at radius 2 is 1.90 bits per heavy atom. The fraction of sp³-hybridized carbons (Fsp3) is 0.478. The number of hydrogen-bond acceptors (Lipinski definition) is 4. The molecule has 7 heteroatoms. The lowest BCUT2D eigenvalue weighted by Gasteiger charge is -2.27. The molecular formula is C23H28N4O3. The Labute approximate surface area is 176 Å². The molecule has 1 fully saturated rings. The summed E-state index contributed by atoms with van der Waals surface area (Å²) >= 11 is 0. The Bertz CT molecular complexity index is 1030. The average molecular weight is 409 g/mol. The van der Waals surface area contributed by atoms with Gasteiger partial charge in [-0.25, -0.2) is 4.98 Å². The van der Waals surface area contributed by atoms with Crippen molar-refractivity contribution in [3.05, 3.63) is 62.8 Å². The van der Waals surface area contributed by atoms with E-state index in [0.717, 1.165) is 12.0 Å². The van der Waals surface area contributed by atoms with Gasteiger partial charge < -0.3 is 14.8 Å². The molecule has 2 atom stereocenters. The second-order valence-electron chi connectivity index (χ2n) is 8.47. The van der Waals surface area contributed by atoms with E-state index in [-0.39, 0.29) is 29.2 Å². The number of aryl methyl sites for hydroxylation is 1. The number of nitrogens with one attached hydrogen (secondary N) is 1. The predicted molar refractivity (Wildman–Crippen MR) is 113 cm³/mol. The summed E-state index contributed by atoms with van der Waals surface area (Å²) in [4.78, 5) is 48.5. The highest BCUT2D eigenvalue weighted by Gasteiger charge is 2.32. The number of benzene rings is 1. The first kappa shape index (κ1) is 20.3. The molecule has 0 unspecified atom stereocenters. The highest BCUT2D eigenvalue weighted by Crippen LogP contribution is 2.28. The van der Waals surface area contributed by atoms with Crippen molar-refractivity contribution < 1.29 is 9.59 Å². The quantitative estimate of drug-likeness (QED) is 0.843. The first-order valence-corrected chi connectivity index (χ1v) is 10.6. The van der Waals surface area contributed by atoms with Gasteiger partial charge in [0.1, 0.15) is 5.82 Å². The van der Waals surface area contributed by atoms with Crippen molar-refractivity contribution >= 4 is 11.8 Å². The zero-order valence-corrected chi connectivity index (χ0v) is 17.8. The van der Waals surface area contributed by atoms with Gasteiger partial charge in [0.05, 0.1) is 18.2 Å². The largest absolute Gasteiger partial charge is 0.341 e. The van der Waals surface area contributed by atoms with Crippen LogP contribution in [0.1, 0.15) is 60.3 Å². The molecule has 0 saturated carbocycles. The van der Waals surface area contributed by atoms with Gasteiger partial charge in [-0.15, -0.1) is 0 Å². The standard InChI is InChI=1S/C23H28N4O3/c1-14-4-6-17(7-5-14)15(2)23(30)27-10-8-18(12-27)21-24-20-13-26(16(3)28)11-9-19(20)22(29)25-21/h4-7,15,18H,8-13H2,1-3H3,(H,24,25,29)/t15-,18+/m1/s1. The molecule has 0 aliphatic carbocycles. The number of hydrogen-bond donors (Lipinski definition) is 1. The van der Waals surface area contributed by atoms with Gasteiger partial charge in [-0.2, -0.15) is 0 Å². The van der Waals surface area contributed by atoms with Crippen molar-refractivity contribution in [2.75, 3.05) is 19.6 Å². The highest BCUT2D eigenvalue weighted by atomic mass is 16.2. The Morgan fingerprint density at radius 1 is 1.17 bits per heavy atom. The molecule has 3 heterocycles. The van der Waals surface area contributed by atoms with E-state index in [2.05, 4.69) is 4.98 Å². The molecule has 2 aromatic rings. The normalized spacial score (nSPS) is 19.5. The third-order valence-electron chi connectivity index (χ3n) is 6.37. The maximum atomic E-state index is 13.0. The van der Waals surface area contributed by atoms with Gasteiger partial charge in [-0.3, -0.25) is 14.4 Å². The third kappa shape index (κ3) is 3.88. The van der Waals surface area contributed by atoms with Crippen LogP contribution in [0.4, 0.5) is 0 Å². The van der Waals surface area contributed by atoms with Gasteiger partial charge in [0.15, 0.2) is 0 Å². The molecule has 2 aliphatic heterocycles. The minimum atomic E-state index is -0.205. The molecule has 4 rings (SSSR count). The molecule has 7 nitrogen and oxygen atoms in total. The van der Waals surface area contributed by atoms with Gasteiger partial charge in [-0.1, -0.05) is 29.8 Å². The van der Waals surface area contributed by atoms with Crippen molar-refractivity contribution in [1.29, 1.82) is 0 Å². The van der Waals surface area contributed by atoms with E-state index >= 15 is 0 Å². The van der Waals surface area contributed by atoms with Crippen LogP contribution in [0.25, 0.3) is 0 Å². The SMILES string of the molecule is CC(=O)N1CCc2c(nc([C@H]3CCN(C(=O)[C@H](C)c4ccc(C)cc4)C3)[nH]c2=O)C1. The first-order chi connectivity index (χ1) is 14.3. The lowest BCUT2D eigenvalue weighted by Crippen LogP contribution is -2.38. The number of carbonyl (C=O) groups is 2. The first-order valence-electron chi connectivity index (χ1n) is 10.6. The van der Waals surface area contributed by atoms with Crippen LogP contribution in [0.2, 0.25) is 0 Å². The van der Waals surface area contributed by atoms with Gasteiger partial charge in [-0.05, 0) is 32.3 Å². The van der Waals surface area contributed by atoms with Crippen molar-refractivity contribution in [3.63, 3.8) is 0 Å². The summed E-state index contributed by atoms with van der Waals surface area (Å²) in [5.41, 5.74) is 3.43. The number of H-pyrrole nitrogens is 1. The maximum Gasteiger partial charge on any atom is 0.254 e. The summed E-state index contributed by atoms with van der Waals surface area (Å²) in [5, 5.41) is 0. The van der Waals surface area contributed by atoms with E-state index in [0.29, 0.717) is 49.7 Å². The van der Waals surface area contributed by atoms with Crippen LogP contribution < -0.4 is 5.56 Å². The monoisotopic (exact) mass is 408 g/mol. The summed E-state index contributed by atoms with van der Waals surface area (Å²) in [6.07, 6.45) is 1.30. The lowest BCUT2D eigenvalue weighted by molar-refractivity contribution is -0.131. The number of likely N-dealkylation sites (tertiary alicyclic amines) is 1. The number of fused-ring (bicyclic) bond motifs is 1. The zero-order valence-electron chi connectivity index (χ0n) is 17.8. The fourth-order valence-corrected chi connectivity index (χ4v) is 4.38. The van der Waals surface area contributed by atoms with Gasteiger partial charge in [0, 0.05) is 38.0 Å². The van der Waals surface area contributed by atoms with Gasteiger partial charge in [0.2, 0.25) is 11.8 Å². The molecule has 1 N–H and O–H groups in total. The van der Waals surface area contributed by atoms with E-state index in [9.17, 15) is 14.4 Å². The topological polar surface area (TPSA) is 86.4 Å². The Balaban J connectivity index is 1.49. The van der Waals surface area contributed by atoms with E-state index in [1.54, 1.807) is 4.90 Å². The van der Waals surface area contributed by atoms with Crippen LogP contribution in [-0.2, 0) is 22.6 Å². The Morgan fingerprint density at radius 3 is 2.60 bits per heavy atom. The van der Waals surface area contributed by atoms with E-state index in [4.69, 9.17) is 4.98 Å². The van der Waals surface area contributed by atoms with Crippen LogP contribution in [0.3, 0.4) is 0 Å². The Kier molecular flexibility index (Phi) is 5.45. The highest BCUT2D eigenvalue weighted by molar-refractivity contribution is 5.83. The van der Waals surface area contributed by atoms with Crippen molar-refractivity contribution in [2.45, 2.75) is 52.0 Å². The van der Waals surface area contributed by atoms with Crippen molar-refractivity contribution in [2.24, 2.45) is 0 Å². The predicted octanol–water partition coefficient (Wildman–Crippen LogP) is 2.10. The summed E-state index contributed by atoms with van der Waals surface area (Å²) in [7, 11) is 0. The van der Waals surface area contributed by atoms with E-state index in [1.165, 1.54) is 12.5 Å². The van der Waals surface area contributed by atoms with Crippen molar-refractivity contribution in [1.82, 2.24) is 19.8 Å². The maximum absolute atomic E-state index is 13.0. The molecule has 1 saturated heterocycles. The molecule has 0 spiro atoms. The van der Waals surface area contributed by atoms with Crippen LogP contribution in [0.5, 0.6) is 0 Å². The summed E-state index contributed by atoms with van der Waals surface area (Å²) < 4.78 is 0. The molecule has 0 radical (unpaired) electrons. The molecule has 1 aromatic heterocycles. The van der Waals surface area contributed by atoms with Gasteiger partial charge in [0.25, 0.3) is 5.56 Å². The number of amides is 2.